The van der Waals surface area contributed by atoms with Crippen LogP contribution in [0.25, 0.3) is 0 Å². The summed E-state index contributed by atoms with van der Waals surface area (Å²) < 4.78 is 5.83. The Morgan fingerprint density at radius 3 is 2.80 bits per heavy atom. The van der Waals surface area contributed by atoms with E-state index in [0.717, 1.165) is 43.4 Å². The summed E-state index contributed by atoms with van der Waals surface area (Å²) in [6.07, 6.45) is 0. The Bertz CT molecular complexity index is 493. The quantitative estimate of drug-likeness (QED) is 0.812. The molecule has 20 heavy (non-hydrogen) atoms. The largest absolute Gasteiger partial charge is 0.463 e. The van der Waals surface area contributed by atoms with Gasteiger partial charge in [-0.3, -0.25) is 4.90 Å². The van der Waals surface area contributed by atoms with Crippen molar-refractivity contribution in [2.24, 2.45) is 5.92 Å². The minimum atomic E-state index is 0.661. The van der Waals surface area contributed by atoms with Crippen molar-refractivity contribution in [1.82, 2.24) is 15.2 Å². The molecule has 0 saturated carbocycles. The Labute approximate surface area is 124 Å². The second kappa shape index (κ2) is 7.57. The molecule has 0 aliphatic carbocycles. The zero-order valence-corrected chi connectivity index (χ0v) is 13.2. The lowest BCUT2D eigenvalue weighted by molar-refractivity contribution is 0.280. The zero-order valence-electron chi connectivity index (χ0n) is 12.4. The fourth-order valence-corrected chi connectivity index (χ4v) is 2.55. The van der Waals surface area contributed by atoms with Gasteiger partial charge in [-0.1, -0.05) is 13.8 Å². The average molecular weight is 293 g/mol. The minimum absolute atomic E-state index is 0.661. The van der Waals surface area contributed by atoms with Gasteiger partial charge < -0.3 is 9.73 Å². The predicted molar refractivity (Wildman–Crippen MR) is 82.5 cm³/mol. The van der Waals surface area contributed by atoms with Gasteiger partial charge in [-0.2, -0.15) is 0 Å². The number of thiazole rings is 1. The first-order chi connectivity index (χ1) is 9.63. The van der Waals surface area contributed by atoms with E-state index in [-0.39, 0.29) is 0 Å². The summed E-state index contributed by atoms with van der Waals surface area (Å²) in [5, 5.41) is 5.47. The first kappa shape index (κ1) is 15.2. The predicted octanol–water partition coefficient (Wildman–Crippen LogP) is 3.11. The van der Waals surface area contributed by atoms with Gasteiger partial charge in [-0.05, 0) is 31.6 Å². The summed E-state index contributed by atoms with van der Waals surface area (Å²) in [6.45, 7) is 7.88. The summed E-state index contributed by atoms with van der Waals surface area (Å²) in [5.74, 6) is 2.67. The molecule has 5 heteroatoms. The number of nitrogens with zero attached hydrogens (tertiary/aromatic N) is 2. The van der Waals surface area contributed by atoms with E-state index in [4.69, 9.17) is 4.42 Å². The highest BCUT2D eigenvalue weighted by Gasteiger charge is 2.07. The molecule has 0 saturated heterocycles. The van der Waals surface area contributed by atoms with Crippen LogP contribution in [0.15, 0.2) is 27.4 Å². The van der Waals surface area contributed by atoms with E-state index >= 15 is 0 Å². The highest BCUT2D eigenvalue weighted by Crippen LogP contribution is 2.12. The number of hydrogen-bond acceptors (Lipinski definition) is 5. The Balaban J connectivity index is 1.77. The fraction of sp³-hybridized carbons (Fsp3) is 0.533. The van der Waals surface area contributed by atoms with Crippen LogP contribution < -0.4 is 5.32 Å². The molecular formula is C15H23N3OS. The lowest BCUT2D eigenvalue weighted by atomic mass is 10.2. The van der Waals surface area contributed by atoms with Crippen LogP contribution in [0.1, 0.15) is 31.1 Å². The first-order valence-electron chi connectivity index (χ1n) is 6.97. The Morgan fingerprint density at radius 1 is 1.30 bits per heavy atom. The van der Waals surface area contributed by atoms with Crippen LogP contribution in [0.4, 0.5) is 0 Å². The van der Waals surface area contributed by atoms with E-state index in [2.05, 4.69) is 53.6 Å². The number of nitrogens with one attached hydrogen (secondary N) is 1. The van der Waals surface area contributed by atoms with Crippen LogP contribution in [-0.4, -0.2) is 23.5 Å². The van der Waals surface area contributed by atoms with Gasteiger partial charge in [-0.15, -0.1) is 11.3 Å². The standard InChI is InChI=1S/C15H23N3OS/c1-12(2)6-16-7-14-4-5-15(19-14)9-18(3)8-13-10-20-11-17-13/h4-5,10-12,16H,6-9H2,1-3H3. The fourth-order valence-electron chi connectivity index (χ4n) is 2.00. The number of hydrogen-bond donors (Lipinski definition) is 1. The molecule has 2 heterocycles. The van der Waals surface area contributed by atoms with Crippen LogP contribution in [0, 0.1) is 5.92 Å². The molecule has 0 spiro atoms. The highest BCUT2D eigenvalue weighted by molar-refractivity contribution is 7.07. The SMILES string of the molecule is CC(C)CNCc1ccc(CN(C)Cc2cscn2)o1. The van der Waals surface area contributed by atoms with Crippen molar-refractivity contribution in [3.05, 3.63) is 40.2 Å². The van der Waals surface area contributed by atoms with Crippen LogP contribution in [0.2, 0.25) is 0 Å². The van der Waals surface area contributed by atoms with Crippen molar-refractivity contribution in [1.29, 1.82) is 0 Å². The summed E-state index contributed by atoms with van der Waals surface area (Å²) in [4.78, 5) is 6.50. The van der Waals surface area contributed by atoms with Crippen molar-refractivity contribution < 1.29 is 4.42 Å². The summed E-state index contributed by atoms with van der Waals surface area (Å²) >= 11 is 1.63. The van der Waals surface area contributed by atoms with Gasteiger partial charge in [0.2, 0.25) is 0 Å². The first-order valence-corrected chi connectivity index (χ1v) is 7.91. The molecule has 2 aromatic heterocycles. The molecule has 0 unspecified atom stereocenters. The van der Waals surface area contributed by atoms with Gasteiger partial charge in [0.25, 0.3) is 0 Å². The summed E-state index contributed by atoms with van der Waals surface area (Å²) in [7, 11) is 2.08. The van der Waals surface area contributed by atoms with Crippen LogP contribution in [-0.2, 0) is 19.6 Å². The Morgan fingerprint density at radius 2 is 2.10 bits per heavy atom. The molecule has 110 valence electrons. The molecule has 0 amide bonds. The number of aromatic nitrogens is 1. The van der Waals surface area contributed by atoms with Gasteiger partial charge in [0.1, 0.15) is 11.5 Å². The van der Waals surface area contributed by atoms with E-state index in [1.807, 2.05) is 5.51 Å². The maximum Gasteiger partial charge on any atom is 0.118 e. The summed E-state index contributed by atoms with van der Waals surface area (Å²) in [6, 6.07) is 4.11. The third-order valence-electron chi connectivity index (χ3n) is 2.91. The molecule has 0 bridgehead atoms. The molecule has 0 aliphatic heterocycles. The third-order valence-corrected chi connectivity index (χ3v) is 3.55. The molecule has 0 atom stereocenters. The van der Waals surface area contributed by atoms with Crippen molar-refractivity contribution in [3.8, 4) is 0 Å². The lowest BCUT2D eigenvalue weighted by Crippen LogP contribution is -2.18. The third kappa shape index (κ3) is 5.07. The van der Waals surface area contributed by atoms with E-state index in [0.29, 0.717) is 5.92 Å². The van der Waals surface area contributed by atoms with Crippen LogP contribution >= 0.6 is 11.3 Å². The second-order valence-electron chi connectivity index (χ2n) is 5.54. The van der Waals surface area contributed by atoms with Gasteiger partial charge in [-0.25, -0.2) is 4.98 Å². The molecule has 0 aromatic carbocycles. The normalized spacial score (nSPS) is 11.7. The molecule has 2 rings (SSSR count). The van der Waals surface area contributed by atoms with Crippen LogP contribution in [0.3, 0.4) is 0 Å². The molecule has 0 radical (unpaired) electrons. The van der Waals surface area contributed by atoms with Gasteiger partial charge in [0.05, 0.1) is 24.3 Å². The number of furan rings is 1. The molecule has 4 nitrogen and oxygen atoms in total. The van der Waals surface area contributed by atoms with E-state index in [9.17, 15) is 0 Å². The highest BCUT2D eigenvalue weighted by atomic mass is 32.1. The minimum Gasteiger partial charge on any atom is -0.463 e. The number of rotatable bonds is 8. The van der Waals surface area contributed by atoms with Gasteiger partial charge >= 0.3 is 0 Å². The lowest BCUT2D eigenvalue weighted by Gasteiger charge is -2.13. The zero-order chi connectivity index (χ0) is 14.4. The smallest absolute Gasteiger partial charge is 0.118 e. The monoisotopic (exact) mass is 293 g/mol. The van der Waals surface area contributed by atoms with Gasteiger partial charge in [0.15, 0.2) is 0 Å². The molecule has 0 fully saturated rings. The molecular weight excluding hydrogens is 270 g/mol. The van der Waals surface area contributed by atoms with Crippen LogP contribution in [0.5, 0.6) is 0 Å². The van der Waals surface area contributed by atoms with Crippen molar-refractivity contribution in [2.75, 3.05) is 13.6 Å². The molecule has 1 N–H and O–H groups in total. The molecule has 0 aliphatic rings. The van der Waals surface area contributed by atoms with E-state index in [1.165, 1.54) is 0 Å². The molecule has 2 aromatic rings. The maximum atomic E-state index is 5.83. The maximum absolute atomic E-state index is 5.83. The van der Waals surface area contributed by atoms with Crippen molar-refractivity contribution >= 4 is 11.3 Å². The average Bonchev–Trinajstić information content (AvgIpc) is 3.01. The van der Waals surface area contributed by atoms with E-state index in [1.54, 1.807) is 11.3 Å². The Kier molecular flexibility index (Phi) is 5.76. The van der Waals surface area contributed by atoms with Crippen molar-refractivity contribution in [2.45, 2.75) is 33.5 Å². The second-order valence-corrected chi connectivity index (χ2v) is 6.26. The Hall–Kier alpha value is -1.17. The van der Waals surface area contributed by atoms with Crippen molar-refractivity contribution in [3.63, 3.8) is 0 Å². The topological polar surface area (TPSA) is 41.3 Å². The van der Waals surface area contributed by atoms with Gasteiger partial charge in [0, 0.05) is 11.9 Å². The van der Waals surface area contributed by atoms with E-state index < -0.39 is 0 Å². The summed E-state index contributed by atoms with van der Waals surface area (Å²) in [5.41, 5.74) is 2.98.